The minimum Gasteiger partial charge on any atom is -0.383 e. The average Bonchev–Trinajstić information content (AvgIpc) is 3.02. The van der Waals surface area contributed by atoms with Crippen LogP contribution in [-0.2, 0) is 6.18 Å². The van der Waals surface area contributed by atoms with Gasteiger partial charge >= 0.3 is 18.5 Å². The molecule has 0 amide bonds. The first-order valence-corrected chi connectivity index (χ1v) is 8.47. The number of alkyl halides is 9. The van der Waals surface area contributed by atoms with Crippen LogP contribution in [0, 0.1) is 5.92 Å². The van der Waals surface area contributed by atoms with Gasteiger partial charge in [-0.2, -0.15) is 44.6 Å². The van der Waals surface area contributed by atoms with E-state index in [0.717, 1.165) is 6.92 Å². The van der Waals surface area contributed by atoms with Crippen LogP contribution >= 0.6 is 0 Å². The number of amidine groups is 1. The lowest BCUT2D eigenvalue weighted by molar-refractivity contribution is -0.218. The molecule has 2 rings (SSSR count). The number of aromatic nitrogens is 2. The zero-order valence-electron chi connectivity index (χ0n) is 16.2. The smallest absolute Gasteiger partial charge is 0.383 e. The van der Waals surface area contributed by atoms with E-state index >= 15 is 0 Å². The molecule has 0 saturated heterocycles. The molecule has 3 atom stereocenters. The predicted molar refractivity (Wildman–Crippen MR) is 95.3 cm³/mol. The Labute approximate surface area is 178 Å². The van der Waals surface area contributed by atoms with Crippen molar-refractivity contribution in [3.8, 4) is 0 Å². The molecule has 3 unspecified atom stereocenters. The normalized spacial score (nSPS) is 21.8. The third-order valence-electron chi connectivity index (χ3n) is 4.12. The first-order valence-electron chi connectivity index (χ1n) is 8.47. The molecule has 8 nitrogen and oxygen atoms in total. The molecule has 0 aromatic carbocycles. The second-order valence-corrected chi connectivity index (χ2v) is 6.44. The number of allylic oxidation sites excluding steroid dienone is 1. The summed E-state index contributed by atoms with van der Waals surface area (Å²) in [6.45, 7) is 3.66. The zero-order valence-corrected chi connectivity index (χ0v) is 16.2. The molecular formula is C16H13F9N6O2. The lowest BCUT2D eigenvalue weighted by atomic mass is 9.91. The summed E-state index contributed by atoms with van der Waals surface area (Å²) >= 11 is 0. The van der Waals surface area contributed by atoms with Crippen molar-refractivity contribution < 1.29 is 49.7 Å². The molecule has 182 valence electrons. The van der Waals surface area contributed by atoms with E-state index in [-0.39, 0.29) is 0 Å². The van der Waals surface area contributed by atoms with Crippen LogP contribution < -0.4 is 5.01 Å². The van der Waals surface area contributed by atoms with Crippen molar-refractivity contribution in [2.24, 2.45) is 21.0 Å². The summed E-state index contributed by atoms with van der Waals surface area (Å²) in [4.78, 5) is 11.6. The molecule has 2 heterocycles. The van der Waals surface area contributed by atoms with Gasteiger partial charge in [0.2, 0.25) is 11.7 Å². The van der Waals surface area contributed by atoms with Crippen molar-refractivity contribution >= 4 is 24.0 Å². The minimum absolute atomic E-state index is 0.382. The fourth-order valence-corrected chi connectivity index (χ4v) is 2.62. The quantitative estimate of drug-likeness (QED) is 0.382. The van der Waals surface area contributed by atoms with E-state index in [0.29, 0.717) is 23.6 Å². The van der Waals surface area contributed by atoms with Gasteiger partial charge in [0, 0.05) is 6.20 Å². The van der Waals surface area contributed by atoms with Crippen molar-refractivity contribution in [3.63, 3.8) is 0 Å². The van der Waals surface area contributed by atoms with Crippen LogP contribution in [0.2, 0.25) is 0 Å². The summed E-state index contributed by atoms with van der Waals surface area (Å²) in [6.07, 6.45) is -19.4. The van der Waals surface area contributed by atoms with Crippen LogP contribution in [0.1, 0.15) is 12.7 Å². The van der Waals surface area contributed by atoms with Gasteiger partial charge in [-0.05, 0) is 19.2 Å². The number of aliphatic hydroxyl groups is 2. The summed E-state index contributed by atoms with van der Waals surface area (Å²) in [5.74, 6) is -5.59. The maximum absolute atomic E-state index is 13.1. The Balaban J connectivity index is 2.54. The number of rotatable bonds is 4. The molecule has 0 fully saturated rings. The highest BCUT2D eigenvalue weighted by Gasteiger charge is 2.53. The van der Waals surface area contributed by atoms with E-state index in [4.69, 9.17) is 0 Å². The van der Waals surface area contributed by atoms with Crippen molar-refractivity contribution in [1.82, 2.24) is 9.97 Å². The summed E-state index contributed by atoms with van der Waals surface area (Å²) in [5, 5.41) is 24.0. The molecule has 1 aliphatic heterocycles. The van der Waals surface area contributed by atoms with Crippen LogP contribution in [0.5, 0.6) is 0 Å². The van der Waals surface area contributed by atoms with E-state index in [9.17, 15) is 49.7 Å². The Hall–Kier alpha value is -3.08. The van der Waals surface area contributed by atoms with Gasteiger partial charge in [0.25, 0.3) is 0 Å². The molecule has 0 aliphatic carbocycles. The number of hydrogen-bond donors (Lipinski definition) is 2. The molecule has 1 aromatic heterocycles. The van der Waals surface area contributed by atoms with E-state index in [2.05, 4.69) is 31.8 Å². The second kappa shape index (κ2) is 9.05. The summed E-state index contributed by atoms with van der Waals surface area (Å²) in [7, 11) is 0. The van der Waals surface area contributed by atoms with Gasteiger partial charge in [0.1, 0.15) is 0 Å². The van der Waals surface area contributed by atoms with Crippen molar-refractivity contribution in [3.05, 3.63) is 30.0 Å². The largest absolute Gasteiger partial charge is 0.451 e. The molecule has 0 spiro atoms. The molecular weight excluding hydrogens is 479 g/mol. The summed E-state index contributed by atoms with van der Waals surface area (Å²) in [5.41, 5.74) is -1.70. The topological polar surface area (TPSA) is 107 Å². The molecule has 33 heavy (non-hydrogen) atoms. The van der Waals surface area contributed by atoms with Gasteiger partial charge in [-0.25, -0.2) is 25.0 Å². The van der Waals surface area contributed by atoms with Crippen LogP contribution in [0.15, 0.2) is 39.3 Å². The monoisotopic (exact) mass is 492 g/mol. The zero-order chi connectivity index (χ0) is 25.4. The van der Waals surface area contributed by atoms with Gasteiger partial charge in [-0.3, -0.25) is 0 Å². The fraction of sp³-hybridized carbons (Fsp3) is 0.438. The average molecular weight is 492 g/mol. The number of hydrogen-bond acceptors (Lipinski definition) is 7. The molecule has 0 radical (unpaired) electrons. The highest BCUT2D eigenvalue weighted by atomic mass is 19.4. The number of aliphatic hydroxyl groups excluding tert-OH is 2. The molecule has 2 N–H and O–H groups in total. The number of aliphatic imine (C=N–C) groups is 2. The number of hydrazone groups is 1. The number of nitrogens with zero attached hydrogens (tertiary/aromatic N) is 6. The number of anilines is 1. The van der Waals surface area contributed by atoms with Gasteiger partial charge in [0.05, 0.1) is 29.7 Å². The first-order chi connectivity index (χ1) is 15.0. The first kappa shape index (κ1) is 26.2. The molecule has 17 heteroatoms. The van der Waals surface area contributed by atoms with Crippen molar-refractivity contribution in [2.45, 2.75) is 37.8 Å². The lowest BCUT2D eigenvalue weighted by Gasteiger charge is -2.27. The van der Waals surface area contributed by atoms with E-state index in [1.54, 1.807) is 0 Å². The predicted octanol–water partition coefficient (Wildman–Crippen LogP) is 3.09. The van der Waals surface area contributed by atoms with Crippen LogP contribution in [0.4, 0.5) is 45.2 Å². The molecule has 0 bridgehead atoms. The van der Waals surface area contributed by atoms with Gasteiger partial charge in [0.15, 0.2) is 12.3 Å². The highest BCUT2D eigenvalue weighted by Crippen LogP contribution is 2.37. The van der Waals surface area contributed by atoms with Crippen LogP contribution in [-0.4, -0.2) is 63.1 Å². The Kier molecular flexibility index (Phi) is 7.18. The standard InChI is InChI=1S/C16H13F9N6O2/c1-6(3-27-12(26-2)15(20,21)22)9-8(10(32)14(17,18)19)11(33)31(30-9)7-4-28-13(29-5-7)16(23,24)25/h3-5,8,10-11,32-33H,2H2,1H3/b6-3+,27-12?. The number of halogens is 9. The molecule has 0 saturated carbocycles. The van der Waals surface area contributed by atoms with E-state index < -0.39 is 65.4 Å². The summed E-state index contributed by atoms with van der Waals surface area (Å²) < 4.78 is 115. The van der Waals surface area contributed by atoms with Crippen LogP contribution in [0.25, 0.3) is 0 Å². The minimum atomic E-state index is -5.30. The lowest BCUT2D eigenvalue weighted by Crippen LogP contribution is -2.47. The van der Waals surface area contributed by atoms with Crippen molar-refractivity contribution in [1.29, 1.82) is 0 Å². The van der Waals surface area contributed by atoms with Crippen LogP contribution in [0.3, 0.4) is 0 Å². The van der Waals surface area contributed by atoms with E-state index in [1.807, 2.05) is 0 Å². The molecule has 1 aromatic rings. The third kappa shape index (κ3) is 5.84. The SMILES string of the molecule is C=NC(=N/C=C(\C)C1=NN(c2cnc(C(F)(F)F)nc2)C(O)C1C(O)C(F)(F)F)C(F)(F)F. The Morgan fingerprint density at radius 3 is 2.09 bits per heavy atom. The summed E-state index contributed by atoms with van der Waals surface area (Å²) in [6, 6.07) is 0. The third-order valence-corrected chi connectivity index (χ3v) is 4.12. The van der Waals surface area contributed by atoms with E-state index in [1.165, 1.54) is 0 Å². The Morgan fingerprint density at radius 2 is 1.67 bits per heavy atom. The van der Waals surface area contributed by atoms with Gasteiger partial charge in [-0.1, -0.05) is 0 Å². The van der Waals surface area contributed by atoms with Crippen molar-refractivity contribution in [2.75, 3.05) is 5.01 Å². The maximum Gasteiger partial charge on any atom is 0.451 e. The second-order valence-electron chi connectivity index (χ2n) is 6.44. The maximum atomic E-state index is 13.1. The molecule has 1 aliphatic rings. The van der Waals surface area contributed by atoms with Gasteiger partial charge in [-0.15, -0.1) is 0 Å². The fourth-order valence-electron chi connectivity index (χ4n) is 2.62. The van der Waals surface area contributed by atoms with Gasteiger partial charge < -0.3 is 10.2 Å². The Morgan fingerprint density at radius 1 is 1.12 bits per heavy atom. The highest BCUT2D eigenvalue weighted by molar-refractivity contribution is 6.04. The Bertz CT molecular complexity index is 967.